The van der Waals surface area contributed by atoms with E-state index in [1.807, 2.05) is 0 Å². The summed E-state index contributed by atoms with van der Waals surface area (Å²) in [7, 11) is 1.68. The van der Waals surface area contributed by atoms with Crippen LogP contribution in [0, 0.1) is 0 Å². The lowest BCUT2D eigenvalue weighted by Crippen LogP contribution is -2.18. The predicted molar refractivity (Wildman–Crippen MR) is 68.2 cm³/mol. The fourth-order valence-corrected chi connectivity index (χ4v) is 1.58. The van der Waals surface area contributed by atoms with E-state index < -0.39 is 0 Å². The molecular weight excluding hydrogens is 198 g/mol. The Morgan fingerprint density at radius 3 is 1.88 bits per heavy atom. The maximum Gasteiger partial charge on any atom is 0.217 e. The first-order valence-corrected chi connectivity index (χ1v) is 5.72. The molecular formula is C14H23NO. The predicted octanol–water partition coefficient (Wildman–Crippen LogP) is 3.69. The van der Waals surface area contributed by atoms with Gasteiger partial charge in [0.05, 0.1) is 7.11 Å². The fourth-order valence-electron chi connectivity index (χ4n) is 1.58. The lowest BCUT2D eigenvalue weighted by Gasteiger charge is -2.24. The molecule has 0 fully saturated rings. The number of pyridine rings is 1. The summed E-state index contributed by atoms with van der Waals surface area (Å²) < 4.78 is 5.40. The van der Waals surface area contributed by atoms with Crippen molar-refractivity contribution in [1.82, 2.24) is 4.98 Å². The van der Waals surface area contributed by atoms with E-state index in [9.17, 15) is 0 Å². The van der Waals surface area contributed by atoms with Gasteiger partial charge in [-0.15, -0.1) is 0 Å². The highest BCUT2D eigenvalue weighted by Gasteiger charge is 2.23. The summed E-state index contributed by atoms with van der Waals surface area (Å²) in [4.78, 5) is 4.61. The first-order chi connectivity index (χ1) is 7.16. The molecule has 0 aromatic carbocycles. The molecule has 1 aromatic heterocycles. The molecule has 2 heteroatoms. The van der Waals surface area contributed by atoms with Crippen LogP contribution < -0.4 is 4.74 Å². The van der Waals surface area contributed by atoms with Gasteiger partial charge in [0.15, 0.2) is 0 Å². The van der Waals surface area contributed by atoms with E-state index in [0.717, 1.165) is 17.1 Å². The standard InChI is InChI=1S/C14H23NO/c1-13(2,3)10-8-9-11(14(4,5)6)15-12(10)16-7/h8-9H,1-7H3. The van der Waals surface area contributed by atoms with Gasteiger partial charge in [0.25, 0.3) is 0 Å². The van der Waals surface area contributed by atoms with Crippen molar-refractivity contribution in [1.29, 1.82) is 0 Å². The number of methoxy groups -OCH3 is 1. The third kappa shape index (κ3) is 2.75. The zero-order valence-corrected chi connectivity index (χ0v) is 11.5. The zero-order chi connectivity index (χ0) is 12.6. The smallest absolute Gasteiger partial charge is 0.217 e. The molecule has 0 saturated carbocycles. The average molecular weight is 221 g/mol. The van der Waals surface area contributed by atoms with Gasteiger partial charge < -0.3 is 4.74 Å². The SMILES string of the molecule is COc1nc(C(C)(C)C)ccc1C(C)(C)C. The molecule has 0 N–H and O–H groups in total. The first kappa shape index (κ1) is 13.0. The fraction of sp³-hybridized carbons (Fsp3) is 0.643. The Balaban J connectivity index is 3.28. The maximum atomic E-state index is 5.40. The molecule has 0 spiro atoms. The molecule has 0 saturated heterocycles. The molecule has 0 atom stereocenters. The molecule has 1 heterocycles. The van der Waals surface area contributed by atoms with E-state index >= 15 is 0 Å². The molecule has 16 heavy (non-hydrogen) atoms. The number of hydrogen-bond acceptors (Lipinski definition) is 2. The van der Waals surface area contributed by atoms with Crippen molar-refractivity contribution < 1.29 is 4.74 Å². The van der Waals surface area contributed by atoms with Crippen molar-refractivity contribution in [3.8, 4) is 5.88 Å². The normalized spacial score (nSPS) is 12.7. The van der Waals surface area contributed by atoms with E-state index in [1.54, 1.807) is 7.11 Å². The van der Waals surface area contributed by atoms with Crippen molar-refractivity contribution in [3.05, 3.63) is 23.4 Å². The molecule has 1 aromatic rings. The van der Waals surface area contributed by atoms with E-state index in [1.165, 1.54) is 0 Å². The highest BCUT2D eigenvalue weighted by Crippen LogP contribution is 2.32. The van der Waals surface area contributed by atoms with Crippen molar-refractivity contribution in [2.45, 2.75) is 52.4 Å². The van der Waals surface area contributed by atoms with Crippen LogP contribution in [0.15, 0.2) is 12.1 Å². The van der Waals surface area contributed by atoms with E-state index in [4.69, 9.17) is 4.74 Å². The van der Waals surface area contributed by atoms with Crippen LogP contribution in [0.4, 0.5) is 0 Å². The van der Waals surface area contributed by atoms with Crippen molar-refractivity contribution >= 4 is 0 Å². The Hall–Kier alpha value is -1.05. The maximum absolute atomic E-state index is 5.40. The summed E-state index contributed by atoms with van der Waals surface area (Å²) in [6, 6.07) is 4.23. The second kappa shape index (κ2) is 4.08. The quantitative estimate of drug-likeness (QED) is 0.721. The topological polar surface area (TPSA) is 22.1 Å². The number of hydrogen-bond donors (Lipinski definition) is 0. The molecule has 0 aliphatic heterocycles. The molecule has 90 valence electrons. The summed E-state index contributed by atoms with van der Waals surface area (Å²) in [5.74, 6) is 0.750. The monoisotopic (exact) mass is 221 g/mol. The summed E-state index contributed by atoms with van der Waals surface area (Å²) in [5.41, 5.74) is 2.35. The summed E-state index contributed by atoms with van der Waals surface area (Å²) in [5, 5.41) is 0. The molecule has 0 radical (unpaired) electrons. The molecule has 0 amide bonds. The van der Waals surface area contributed by atoms with Gasteiger partial charge in [0.2, 0.25) is 5.88 Å². The molecule has 0 aliphatic rings. The van der Waals surface area contributed by atoms with Crippen LogP contribution in [0.2, 0.25) is 0 Å². The second-order valence-electron chi connectivity index (χ2n) is 6.25. The van der Waals surface area contributed by atoms with E-state index in [-0.39, 0.29) is 10.8 Å². The van der Waals surface area contributed by atoms with Gasteiger partial charge in [0.1, 0.15) is 0 Å². The lowest BCUT2D eigenvalue weighted by atomic mass is 9.85. The van der Waals surface area contributed by atoms with Crippen molar-refractivity contribution in [2.75, 3.05) is 7.11 Å². The number of nitrogens with zero attached hydrogens (tertiary/aromatic N) is 1. The highest BCUT2D eigenvalue weighted by molar-refractivity contribution is 5.35. The Morgan fingerprint density at radius 1 is 0.938 bits per heavy atom. The molecule has 0 unspecified atom stereocenters. The third-order valence-corrected chi connectivity index (χ3v) is 2.63. The second-order valence-corrected chi connectivity index (χ2v) is 6.25. The first-order valence-electron chi connectivity index (χ1n) is 5.72. The Kier molecular flexibility index (Phi) is 3.32. The Bertz CT molecular complexity index is 369. The third-order valence-electron chi connectivity index (χ3n) is 2.63. The highest BCUT2D eigenvalue weighted by atomic mass is 16.5. The summed E-state index contributed by atoms with van der Waals surface area (Å²) in [6.45, 7) is 13.0. The summed E-state index contributed by atoms with van der Waals surface area (Å²) in [6.07, 6.45) is 0. The van der Waals surface area contributed by atoms with Crippen molar-refractivity contribution in [3.63, 3.8) is 0 Å². The zero-order valence-electron chi connectivity index (χ0n) is 11.5. The van der Waals surface area contributed by atoms with E-state index in [2.05, 4.69) is 58.7 Å². The van der Waals surface area contributed by atoms with Gasteiger partial charge in [-0.1, -0.05) is 47.6 Å². The minimum atomic E-state index is 0.0592. The van der Waals surface area contributed by atoms with Crippen molar-refractivity contribution in [2.24, 2.45) is 0 Å². The minimum absolute atomic E-state index is 0.0592. The van der Waals surface area contributed by atoms with Crippen LogP contribution in [-0.4, -0.2) is 12.1 Å². The molecule has 0 bridgehead atoms. The minimum Gasteiger partial charge on any atom is -0.481 e. The van der Waals surface area contributed by atoms with Crippen LogP contribution in [0.5, 0.6) is 5.88 Å². The van der Waals surface area contributed by atoms with Gasteiger partial charge in [-0.2, -0.15) is 0 Å². The Labute approximate surface area is 99.0 Å². The largest absolute Gasteiger partial charge is 0.481 e. The van der Waals surface area contributed by atoms with Crippen LogP contribution in [0.1, 0.15) is 52.8 Å². The number of aromatic nitrogens is 1. The number of ether oxygens (including phenoxy) is 1. The average Bonchev–Trinajstić information content (AvgIpc) is 2.14. The Morgan fingerprint density at radius 2 is 1.50 bits per heavy atom. The van der Waals surface area contributed by atoms with Gasteiger partial charge in [-0.05, 0) is 11.5 Å². The van der Waals surface area contributed by atoms with Gasteiger partial charge in [0, 0.05) is 16.7 Å². The van der Waals surface area contributed by atoms with Crippen LogP contribution >= 0.6 is 0 Å². The van der Waals surface area contributed by atoms with Crippen LogP contribution in [-0.2, 0) is 10.8 Å². The number of rotatable bonds is 1. The van der Waals surface area contributed by atoms with E-state index in [0.29, 0.717) is 0 Å². The molecule has 2 nitrogen and oxygen atoms in total. The molecule has 0 aliphatic carbocycles. The van der Waals surface area contributed by atoms with Crippen LogP contribution in [0.25, 0.3) is 0 Å². The van der Waals surface area contributed by atoms with Crippen LogP contribution in [0.3, 0.4) is 0 Å². The van der Waals surface area contributed by atoms with Gasteiger partial charge in [-0.25, -0.2) is 4.98 Å². The summed E-state index contributed by atoms with van der Waals surface area (Å²) >= 11 is 0. The lowest BCUT2D eigenvalue weighted by molar-refractivity contribution is 0.375. The van der Waals surface area contributed by atoms with Gasteiger partial charge in [-0.3, -0.25) is 0 Å². The van der Waals surface area contributed by atoms with Gasteiger partial charge >= 0.3 is 0 Å². The molecule has 1 rings (SSSR count).